The van der Waals surface area contributed by atoms with Crippen LogP contribution in [0.5, 0.6) is 0 Å². The molecule has 0 radical (unpaired) electrons. The summed E-state index contributed by atoms with van der Waals surface area (Å²) in [5.74, 6) is 0.367. The number of allylic oxidation sites excluding steroid dienone is 1. The van der Waals surface area contributed by atoms with Crippen molar-refractivity contribution >= 4 is 11.5 Å². The van der Waals surface area contributed by atoms with Gasteiger partial charge < -0.3 is 20.9 Å². The fourth-order valence-corrected chi connectivity index (χ4v) is 2.66. The number of ether oxygens (including phenoxy) is 2. The van der Waals surface area contributed by atoms with Gasteiger partial charge in [0.2, 0.25) is 6.79 Å². The van der Waals surface area contributed by atoms with Crippen molar-refractivity contribution in [2.45, 2.75) is 12.5 Å². The van der Waals surface area contributed by atoms with E-state index in [1.54, 1.807) is 0 Å². The number of nitrogens with zero attached hydrogens (tertiary/aromatic N) is 2. The van der Waals surface area contributed by atoms with Crippen molar-refractivity contribution in [3.05, 3.63) is 68.8 Å². The lowest BCUT2D eigenvalue weighted by Crippen LogP contribution is -2.43. The Morgan fingerprint density at radius 1 is 1.21 bits per heavy atom. The molecule has 8 nitrogen and oxygen atoms in total. The Morgan fingerprint density at radius 2 is 1.92 bits per heavy atom. The second-order valence-corrected chi connectivity index (χ2v) is 5.47. The lowest BCUT2D eigenvalue weighted by Gasteiger charge is -2.23. The van der Waals surface area contributed by atoms with E-state index in [9.17, 15) is 9.59 Å². The Bertz CT molecular complexity index is 899. The minimum Gasteiger partial charge on any atom is -0.462 e. The van der Waals surface area contributed by atoms with Gasteiger partial charge in [-0.25, -0.2) is 4.79 Å². The maximum absolute atomic E-state index is 12.6. The van der Waals surface area contributed by atoms with Crippen LogP contribution in [0.15, 0.2) is 51.9 Å². The predicted octanol–water partition coefficient (Wildman–Crippen LogP) is 0.341. The molecular weight excluding hydrogens is 312 g/mol. The monoisotopic (exact) mass is 330 g/mol. The zero-order chi connectivity index (χ0) is 17.3. The summed E-state index contributed by atoms with van der Waals surface area (Å²) in [5.41, 5.74) is 11.4. The SMILES string of the molecule is Cn1c(=O)c(N)c(N)n(C(Cc2ccccc2)C2=COCO2)c1=O. The molecule has 1 unspecified atom stereocenters. The summed E-state index contributed by atoms with van der Waals surface area (Å²) < 4.78 is 12.8. The first-order chi connectivity index (χ1) is 11.5. The van der Waals surface area contributed by atoms with Gasteiger partial charge in [-0.3, -0.25) is 13.9 Å². The van der Waals surface area contributed by atoms with Crippen molar-refractivity contribution in [2.75, 3.05) is 18.3 Å². The van der Waals surface area contributed by atoms with Gasteiger partial charge in [0.05, 0.1) is 0 Å². The van der Waals surface area contributed by atoms with Gasteiger partial charge in [-0.2, -0.15) is 0 Å². The average molecular weight is 330 g/mol. The molecule has 0 amide bonds. The van der Waals surface area contributed by atoms with E-state index in [2.05, 4.69) is 0 Å². The second-order valence-electron chi connectivity index (χ2n) is 5.47. The molecule has 1 aliphatic heterocycles. The number of hydrogen-bond donors (Lipinski definition) is 2. The Hall–Kier alpha value is -3.16. The Morgan fingerprint density at radius 3 is 2.54 bits per heavy atom. The molecule has 24 heavy (non-hydrogen) atoms. The predicted molar refractivity (Wildman–Crippen MR) is 89.1 cm³/mol. The Kier molecular flexibility index (Phi) is 4.03. The molecule has 3 rings (SSSR count). The third-order valence-corrected chi connectivity index (χ3v) is 3.97. The molecule has 1 aliphatic rings. The molecule has 2 heterocycles. The van der Waals surface area contributed by atoms with Crippen molar-refractivity contribution in [3.63, 3.8) is 0 Å². The highest BCUT2D eigenvalue weighted by molar-refractivity contribution is 5.57. The van der Waals surface area contributed by atoms with E-state index in [4.69, 9.17) is 20.9 Å². The maximum Gasteiger partial charge on any atom is 0.333 e. The maximum atomic E-state index is 12.6. The van der Waals surface area contributed by atoms with Crippen LogP contribution in [0.4, 0.5) is 11.5 Å². The fraction of sp³-hybridized carbons (Fsp3) is 0.250. The Balaban J connectivity index is 2.17. The average Bonchev–Trinajstić information content (AvgIpc) is 3.13. The number of hydrogen-bond acceptors (Lipinski definition) is 6. The molecule has 0 saturated heterocycles. The van der Waals surface area contributed by atoms with Crippen LogP contribution in [0.2, 0.25) is 0 Å². The zero-order valence-electron chi connectivity index (χ0n) is 13.1. The molecule has 0 saturated carbocycles. The standard InChI is InChI=1S/C16H18N4O4/c1-19-15(21)13(17)14(18)20(16(19)22)11(12-8-23-9-24-12)7-10-5-3-2-4-6-10/h2-6,8,11H,7,9,17-18H2,1H3. The first-order valence-electron chi connectivity index (χ1n) is 7.35. The van der Waals surface area contributed by atoms with Crippen LogP contribution in [-0.4, -0.2) is 15.9 Å². The van der Waals surface area contributed by atoms with Crippen LogP contribution in [0, 0.1) is 0 Å². The number of aromatic nitrogens is 2. The minimum absolute atomic E-state index is 0.0660. The Labute approximate surface area is 137 Å². The first-order valence-corrected chi connectivity index (χ1v) is 7.35. The van der Waals surface area contributed by atoms with Gasteiger partial charge >= 0.3 is 5.69 Å². The van der Waals surface area contributed by atoms with Gasteiger partial charge in [-0.15, -0.1) is 0 Å². The number of rotatable bonds is 4. The van der Waals surface area contributed by atoms with Crippen LogP contribution in [-0.2, 0) is 22.9 Å². The lowest BCUT2D eigenvalue weighted by molar-refractivity contribution is 0.0709. The molecular formula is C16H18N4O4. The summed E-state index contributed by atoms with van der Waals surface area (Å²) in [4.78, 5) is 24.6. The van der Waals surface area contributed by atoms with Crippen LogP contribution >= 0.6 is 0 Å². The van der Waals surface area contributed by atoms with Gasteiger partial charge in [0.1, 0.15) is 23.8 Å². The van der Waals surface area contributed by atoms with Crippen LogP contribution in [0.25, 0.3) is 0 Å². The lowest BCUT2D eigenvalue weighted by atomic mass is 10.0. The van der Waals surface area contributed by atoms with Gasteiger partial charge in [-0.05, 0) is 5.56 Å². The van der Waals surface area contributed by atoms with Crippen LogP contribution in [0.3, 0.4) is 0 Å². The molecule has 8 heteroatoms. The van der Waals surface area contributed by atoms with Crippen molar-refractivity contribution in [3.8, 4) is 0 Å². The number of anilines is 2. The van der Waals surface area contributed by atoms with E-state index in [1.807, 2.05) is 30.3 Å². The number of nitrogens with two attached hydrogens (primary N) is 2. The second kappa shape index (κ2) is 6.15. The minimum atomic E-state index is -0.621. The van der Waals surface area contributed by atoms with Gasteiger partial charge in [0.15, 0.2) is 5.76 Å². The summed E-state index contributed by atoms with van der Waals surface area (Å²) in [6.07, 6.45) is 1.87. The smallest absolute Gasteiger partial charge is 0.333 e. The zero-order valence-corrected chi connectivity index (χ0v) is 13.1. The van der Waals surface area contributed by atoms with Crippen molar-refractivity contribution in [2.24, 2.45) is 7.05 Å². The van der Waals surface area contributed by atoms with E-state index in [1.165, 1.54) is 17.9 Å². The highest BCUT2D eigenvalue weighted by Gasteiger charge is 2.27. The van der Waals surface area contributed by atoms with Gasteiger partial charge in [-0.1, -0.05) is 30.3 Å². The summed E-state index contributed by atoms with van der Waals surface area (Å²) in [7, 11) is 1.36. The summed E-state index contributed by atoms with van der Waals surface area (Å²) in [5, 5.41) is 0. The van der Waals surface area contributed by atoms with E-state index in [0.717, 1.165) is 10.1 Å². The molecule has 2 aromatic rings. The number of nitrogen functional groups attached to an aromatic ring is 2. The normalized spacial score (nSPS) is 14.6. The molecule has 0 spiro atoms. The van der Waals surface area contributed by atoms with E-state index >= 15 is 0 Å². The van der Waals surface area contributed by atoms with Crippen LogP contribution < -0.4 is 22.7 Å². The summed E-state index contributed by atoms with van der Waals surface area (Å²) >= 11 is 0. The molecule has 0 fully saturated rings. The quantitative estimate of drug-likeness (QED) is 0.835. The highest BCUT2D eigenvalue weighted by Crippen LogP contribution is 2.28. The van der Waals surface area contributed by atoms with Gasteiger partial charge in [0, 0.05) is 13.5 Å². The third-order valence-electron chi connectivity index (χ3n) is 3.97. The molecule has 1 aromatic heterocycles. The topological polar surface area (TPSA) is 114 Å². The van der Waals surface area contributed by atoms with Crippen molar-refractivity contribution in [1.29, 1.82) is 0 Å². The van der Waals surface area contributed by atoms with E-state index in [-0.39, 0.29) is 18.3 Å². The highest BCUT2D eigenvalue weighted by atomic mass is 16.7. The fourth-order valence-electron chi connectivity index (χ4n) is 2.66. The molecule has 1 atom stereocenters. The number of benzene rings is 1. The summed E-state index contributed by atoms with van der Waals surface area (Å²) in [6, 6.07) is 8.97. The van der Waals surface area contributed by atoms with E-state index < -0.39 is 17.3 Å². The first kappa shape index (κ1) is 15.7. The van der Waals surface area contributed by atoms with Gasteiger partial charge in [0.25, 0.3) is 5.56 Å². The largest absolute Gasteiger partial charge is 0.462 e. The van der Waals surface area contributed by atoms with Crippen molar-refractivity contribution < 1.29 is 9.47 Å². The third kappa shape index (κ3) is 2.62. The molecule has 0 bridgehead atoms. The molecule has 4 N–H and O–H groups in total. The van der Waals surface area contributed by atoms with Crippen LogP contribution in [0.1, 0.15) is 11.6 Å². The molecule has 126 valence electrons. The van der Waals surface area contributed by atoms with E-state index in [0.29, 0.717) is 12.2 Å². The van der Waals surface area contributed by atoms with Crippen molar-refractivity contribution in [1.82, 2.24) is 9.13 Å². The summed E-state index contributed by atoms with van der Waals surface area (Å²) in [6.45, 7) is 0.0660. The molecule has 1 aromatic carbocycles. The molecule has 0 aliphatic carbocycles.